The van der Waals surface area contributed by atoms with E-state index in [-0.39, 0.29) is 5.41 Å². The highest BCUT2D eigenvalue weighted by Crippen LogP contribution is 2.52. The van der Waals surface area contributed by atoms with Gasteiger partial charge in [-0.25, -0.2) is 0 Å². The molecule has 0 bridgehead atoms. The van der Waals surface area contributed by atoms with Crippen molar-refractivity contribution in [3.05, 3.63) is 223 Å². The SMILES string of the molecule is CC1(C)c2ccccc2-c2cccc(-c3ccc(N(c4ccccc4-c4ccccc4)c4ccccc4-c4cccc(-c5cccc6ccccc56)c4)cc3)c21. The van der Waals surface area contributed by atoms with Gasteiger partial charge in [-0.2, -0.15) is 0 Å². The van der Waals surface area contributed by atoms with Crippen LogP contribution in [0.5, 0.6) is 0 Å². The zero-order valence-corrected chi connectivity index (χ0v) is 31.7. The van der Waals surface area contributed by atoms with E-state index in [1.807, 2.05) is 0 Å². The third-order valence-corrected chi connectivity index (χ3v) is 11.7. The van der Waals surface area contributed by atoms with Crippen LogP contribution in [0.15, 0.2) is 212 Å². The Balaban J connectivity index is 1.13. The van der Waals surface area contributed by atoms with Crippen molar-refractivity contribution in [2.75, 3.05) is 4.90 Å². The molecule has 0 amide bonds. The van der Waals surface area contributed by atoms with E-state index >= 15 is 0 Å². The average molecular weight is 716 g/mol. The van der Waals surface area contributed by atoms with Crippen molar-refractivity contribution in [1.82, 2.24) is 0 Å². The van der Waals surface area contributed by atoms with E-state index < -0.39 is 0 Å². The molecule has 1 aliphatic rings. The van der Waals surface area contributed by atoms with Crippen molar-refractivity contribution in [2.24, 2.45) is 0 Å². The maximum absolute atomic E-state index is 2.45. The fourth-order valence-corrected chi connectivity index (χ4v) is 9.06. The van der Waals surface area contributed by atoms with Crippen molar-refractivity contribution >= 4 is 27.8 Å². The molecule has 0 aromatic heterocycles. The van der Waals surface area contributed by atoms with E-state index in [9.17, 15) is 0 Å². The van der Waals surface area contributed by atoms with Gasteiger partial charge in [0.15, 0.2) is 0 Å². The zero-order chi connectivity index (χ0) is 37.6. The Labute approximate surface area is 329 Å². The van der Waals surface area contributed by atoms with Crippen LogP contribution in [0.4, 0.5) is 17.1 Å². The van der Waals surface area contributed by atoms with E-state index in [0.29, 0.717) is 0 Å². The highest BCUT2D eigenvalue weighted by Gasteiger charge is 2.37. The van der Waals surface area contributed by atoms with Gasteiger partial charge in [0, 0.05) is 22.2 Å². The predicted molar refractivity (Wildman–Crippen MR) is 238 cm³/mol. The molecule has 0 saturated carbocycles. The van der Waals surface area contributed by atoms with E-state index in [0.717, 1.165) is 17.1 Å². The molecule has 56 heavy (non-hydrogen) atoms. The van der Waals surface area contributed by atoms with Crippen LogP contribution in [0.25, 0.3) is 66.4 Å². The fraction of sp³-hybridized carbons (Fsp3) is 0.0545. The number of hydrogen-bond acceptors (Lipinski definition) is 1. The lowest BCUT2D eigenvalue weighted by molar-refractivity contribution is 0.662. The van der Waals surface area contributed by atoms with Crippen molar-refractivity contribution in [3.63, 3.8) is 0 Å². The summed E-state index contributed by atoms with van der Waals surface area (Å²) in [6, 6.07) is 77.5. The van der Waals surface area contributed by atoms with E-state index in [1.165, 1.54) is 77.5 Å². The van der Waals surface area contributed by atoms with E-state index in [2.05, 4.69) is 231 Å². The maximum Gasteiger partial charge on any atom is 0.0540 e. The molecule has 0 radical (unpaired) electrons. The van der Waals surface area contributed by atoms with Gasteiger partial charge >= 0.3 is 0 Å². The summed E-state index contributed by atoms with van der Waals surface area (Å²) in [5.41, 5.74) is 18.4. The molecule has 0 fully saturated rings. The Hall–Kier alpha value is -6.96. The molecule has 0 N–H and O–H groups in total. The smallest absolute Gasteiger partial charge is 0.0540 e. The largest absolute Gasteiger partial charge is 0.309 e. The van der Waals surface area contributed by atoms with Crippen LogP contribution >= 0.6 is 0 Å². The third kappa shape index (κ3) is 5.63. The molecule has 9 aromatic rings. The summed E-state index contributed by atoms with van der Waals surface area (Å²) in [6.07, 6.45) is 0. The lowest BCUT2D eigenvalue weighted by Gasteiger charge is -2.30. The second-order valence-corrected chi connectivity index (χ2v) is 15.3. The number of rotatable bonds is 7. The van der Waals surface area contributed by atoms with Crippen LogP contribution in [0.2, 0.25) is 0 Å². The van der Waals surface area contributed by atoms with Gasteiger partial charge in [0.25, 0.3) is 0 Å². The molecule has 1 heteroatoms. The quantitative estimate of drug-likeness (QED) is 0.159. The van der Waals surface area contributed by atoms with Crippen molar-refractivity contribution in [1.29, 1.82) is 0 Å². The molecule has 0 aliphatic heterocycles. The Kier molecular flexibility index (Phi) is 8.23. The molecule has 0 unspecified atom stereocenters. The highest BCUT2D eigenvalue weighted by atomic mass is 15.1. The van der Waals surface area contributed by atoms with Gasteiger partial charge in [-0.1, -0.05) is 196 Å². The molecular weight excluding hydrogens is 675 g/mol. The lowest BCUT2D eigenvalue weighted by Crippen LogP contribution is -2.16. The monoisotopic (exact) mass is 715 g/mol. The summed E-state index contributed by atoms with van der Waals surface area (Å²) < 4.78 is 0. The molecule has 1 aliphatic carbocycles. The van der Waals surface area contributed by atoms with Gasteiger partial charge in [0.2, 0.25) is 0 Å². The van der Waals surface area contributed by atoms with Gasteiger partial charge in [0.05, 0.1) is 11.4 Å². The van der Waals surface area contributed by atoms with Crippen molar-refractivity contribution in [2.45, 2.75) is 19.3 Å². The highest BCUT2D eigenvalue weighted by molar-refractivity contribution is 5.99. The summed E-state index contributed by atoms with van der Waals surface area (Å²) >= 11 is 0. The first kappa shape index (κ1) is 33.6. The first-order valence-corrected chi connectivity index (χ1v) is 19.5. The van der Waals surface area contributed by atoms with Gasteiger partial charge in [-0.3, -0.25) is 0 Å². The summed E-state index contributed by atoms with van der Waals surface area (Å²) in [6.45, 7) is 4.73. The molecule has 0 atom stereocenters. The standard InChI is InChI=1S/C55H41N/c1-55(2)51-30-11-8-26-49(51)50-29-16-28-48(54(50)55)40-33-35-43(36-34-40)56(52-31-12-9-24-46(52)39-17-4-3-5-18-39)53-32-13-10-25-47(53)42-22-14-21-41(37-42)45-27-15-20-38-19-6-7-23-44(38)45/h3-37H,1-2H3. The Morgan fingerprint density at radius 2 is 0.821 bits per heavy atom. The molecule has 0 spiro atoms. The Morgan fingerprint density at radius 1 is 0.339 bits per heavy atom. The van der Waals surface area contributed by atoms with Gasteiger partial charge < -0.3 is 4.90 Å². The maximum atomic E-state index is 2.45. The molecular formula is C55H41N. The molecule has 9 aromatic carbocycles. The van der Waals surface area contributed by atoms with Crippen molar-refractivity contribution < 1.29 is 0 Å². The Morgan fingerprint density at radius 3 is 1.59 bits per heavy atom. The van der Waals surface area contributed by atoms with Crippen LogP contribution in [-0.2, 0) is 5.41 Å². The Bertz CT molecular complexity index is 2880. The van der Waals surface area contributed by atoms with Crippen LogP contribution in [0.1, 0.15) is 25.0 Å². The average Bonchev–Trinajstić information content (AvgIpc) is 3.50. The minimum atomic E-state index is -0.0959. The summed E-state index contributed by atoms with van der Waals surface area (Å²) in [7, 11) is 0. The number of fused-ring (bicyclic) bond motifs is 4. The first-order valence-electron chi connectivity index (χ1n) is 19.5. The van der Waals surface area contributed by atoms with Crippen LogP contribution < -0.4 is 4.90 Å². The summed E-state index contributed by atoms with van der Waals surface area (Å²) in [5, 5.41) is 2.51. The number of hydrogen-bond donors (Lipinski definition) is 0. The van der Waals surface area contributed by atoms with Crippen LogP contribution in [-0.4, -0.2) is 0 Å². The predicted octanol–water partition coefficient (Wildman–Crippen LogP) is 15.3. The molecule has 10 rings (SSSR count). The molecule has 1 nitrogen and oxygen atoms in total. The van der Waals surface area contributed by atoms with Gasteiger partial charge in [-0.15, -0.1) is 0 Å². The van der Waals surface area contributed by atoms with Gasteiger partial charge in [-0.05, 0) is 96.7 Å². The van der Waals surface area contributed by atoms with E-state index in [4.69, 9.17) is 0 Å². The molecule has 266 valence electrons. The normalized spacial score (nSPS) is 12.6. The number of benzene rings is 9. The van der Waals surface area contributed by atoms with Crippen LogP contribution in [0.3, 0.4) is 0 Å². The minimum absolute atomic E-state index is 0.0959. The number of nitrogens with zero attached hydrogens (tertiary/aromatic N) is 1. The number of anilines is 3. The third-order valence-electron chi connectivity index (χ3n) is 11.7. The minimum Gasteiger partial charge on any atom is -0.309 e. The second kappa shape index (κ2) is 13.7. The zero-order valence-electron chi connectivity index (χ0n) is 31.7. The second-order valence-electron chi connectivity index (χ2n) is 15.3. The van der Waals surface area contributed by atoms with Gasteiger partial charge in [0.1, 0.15) is 0 Å². The molecule has 0 saturated heterocycles. The van der Waals surface area contributed by atoms with Crippen LogP contribution in [0, 0.1) is 0 Å². The summed E-state index contributed by atoms with van der Waals surface area (Å²) in [5.74, 6) is 0. The topological polar surface area (TPSA) is 3.24 Å². The fourth-order valence-electron chi connectivity index (χ4n) is 9.06. The molecule has 0 heterocycles. The summed E-state index contributed by atoms with van der Waals surface area (Å²) in [4.78, 5) is 2.45. The van der Waals surface area contributed by atoms with E-state index in [1.54, 1.807) is 0 Å². The lowest BCUT2D eigenvalue weighted by atomic mass is 9.79. The number of para-hydroxylation sites is 2. The van der Waals surface area contributed by atoms with Crippen molar-refractivity contribution in [3.8, 4) is 55.6 Å². The first-order chi connectivity index (χ1) is 27.6.